The van der Waals surface area contributed by atoms with Gasteiger partial charge in [0.2, 0.25) is 0 Å². The van der Waals surface area contributed by atoms with Crippen molar-refractivity contribution in [1.29, 1.82) is 0 Å². The molecule has 0 spiro atoms. The maximum absolute atomic E-state index is 12.4. The quantitative estimate of drug-likeness (QED) is 0.618. The number of nitrogens with zero attached hydrogens (tertiary/aromatic N) is 2. The molecule has 20 heavy (non-hydrogen) atoms. The Balaban J connectivity index is 2.30. The van der Waals surface area contributed by atoms with Crippen LogP contribution >= 0.6 is 11.3 Å². The monoisotopic (exact) mass is 321 g/mol. The minimum absolute atomic E-state index is 0.0707. The zero-order valence-corrected chi connectivity index (χ0v) is 12.2. The summed E-state index contributed by atoms with van der Waals surface area (Å²) in [6, 6.07) is 0.998. The van der Waals surface area contributed by atoms with Gasteiger partial charge in [-0.3, -0.25) is 10.1 Å². The van der Waals surface area contributed by atoms with E-state index in [-0.39, 0.29) is 34.0 Å². The van der Waals surface area contributed by atoms with Gasteiger partial charge >= 0.3 is 5.69 Å². The Hall–Kier alpha value is -1.23. The van der Waals surface area contributed by atoms with Crippen LogP contribution in [0.1, 0.15) is 12.8 Å². The minimum atomic E-state index is -3.78. The second-order valence-corrected chi connectivity index (χ2v) is 7.87. The van der Waals surface area contributed by atoms with Crippen LogP contribution in [0.4, 0.5) is 10.7 Å². The van der Waals surface area contributed by atoms with Gasteiger partial charge in [0.25, 0.3) is 10.0 Å². The maximum Gasteiger partial charge on any atom is 0.304 e. The fraction of sp³-hybridized carbons (Fsp3) is 0.600. The lowest BCUT2D eigenvalue weighted by Crippen LogP contribution is -2.40. The van der Waals surface area contributed by atoms with Crippen molar-refractivity contribution in [2.45, 2.75) is 17.1 Å². The molecule has 10 heteroatoms. The van der Waals surface area contributed by atoms with Crippen LogP contribution in [-0.4, -0.2) is 42.4 Å². The van der Waals surface area contributed by atoms with E-state index < -0.39 is 14.9 Å². The zero-order valence-electron chi connectivity index (χ0n) is 10.6. The number of nitro groups is 1. The molecule has 1 fully saturated rings. The number of piperidine rings is 1. The highest BCUT2D eigenvalue weighted by atomic mass is 32.2. The van der Waals surface area contributed by atoms with Crippen LogP contribution in [0.2, 0.25) is 0 Å². The van der Waals surface area contributed by atoms with Gasteiger partial charge in [0, 0.05) is 25.8 Å². The number of nitrogen functional groups attached to an aromatic ring is 1. The summed E-state index contributed by atoms with van der Waals surface area (Å²) in [6.07, 6.45) is 1.43. The molecule has 0 amide bonds. The molecular formula is C10H15N3O5S2. The summed E-state index contributed by atoms with van der Waals surface area (Å²) in [6.45, 7) is 0.508. The molecule has 1 atom stereocenters. The van der Waals surface area contributed by atoms with E-state index in [0.717, 1.165) is 12.5 Å². The van der Waals surface area contributed by atoms with Crippen molar-refractivity contribution < 1.29 is 18.4 Å². The smallest absolute Gasteiger partial charge is 0.304 e. The SMILES string of the molecule is Nc1sc(S(=O)(=O)N2CCCC(CO)C2)cc1[N+](=O)[O-]. The fourth-order valence-corrected chi connectivity index (χ4v) is 5.09. The number of hydrogen-bond acceptors (Lipinski definition) is 7. The predicted molar refractivity (Wildman–Crippen MR) is 74.0 cm³/mol. The maximum atomic E-state index is 12.4. The average Bonchev–Trinajstić information content (AvgIpc) is 2.82. The van der Waals surface area contributed by atoms with E-state index in [1.165, 1.54) is 4.31 Å². The highest BCUT2D eigenvalue weighted by Crippen LogP contribution is 2.36. The number of rotatable bonds is 4. The lowest BCUT2D eigenvalue weighted by molar-refractivity contribution is -0.383. The van der Waals surface area contributed by atoms with Crippen molar-refractivity contribution in [3.05, 3.63) is 16.2 Å². The van der Waals surface area contributed by atoms with Gasteiger partial charge in [-0.15, -0.1) is 0 Å². The third kappa shape index (κ3) is 2.77. The first-order valence-corrected chi connectivity index (χ1v) is 8.26. The van der Waals surface area contributed by atoms with Crippen LogP contribution in [0.15, 0.2) is 10.3 Å². The van der Waals surface area contributed by atoms with Gasteiger partial charge < -0.3 is 10.8 Å². The van der Waals surface area contributed by atoms with E-state index in [2.05, 4.69) is 0 Å². The molecule has 3 N–H and O–H groups in total. The van der Waals surface area contributed by atoms with Gasteiger partial charge in [0.1, 0.15) is 4.21 Å². The van der Waals surface area contributed by atoms with E-state index in [0.29, 0.717) is 24.3 Å². The summed E-state index contributed by atoms with van der Waals surface area (Å²) in [4.78, 5) is 10.0. The minimum Gasteiger partial charge on any atom is -0.396 e. The number of aliphatic hydroxyl groups excluding tert-OH is 1. The van der Waals surface area contributed by atoms with Crippen molar-refractivity contribution in [2.75, 3.05) is 25.4 Å². The number of hydrogen-bond donors (Lipinski definition) is 2. The molecule has 1 unspecified atom stereocenters. The first kappa shape index (κ1) is 15.2. The predicted octanol–water partition coefficient (Wildman–Crippen LogP) is 0.631. The van der Waals surface area contributed by atoms with Crippen LogP contribution in [0, 0.1) is 16.0 Å². The normalized spacial score (nSPS) is 20.9. The van der Waals surface area contributed by atoms with Gasteiger partial charge in [-0.05, 0) is 18.8 Å². The second kappa shape index (κ2) is 5.64. The van der Waals surface area contributed by atoms with Crippen LogP contribution in [-0.2, 0) is 10.0 Å². The second-order valence-electron chi connectivity index (χ2n) is 4.63. The largest absolute Gasteiger partial charge is 0.396 e. The molecule has 8 nitrogen and oxygen atoms in total. The molecule has 112 valence electrons. The number of nitrogens with two attached hydrogens (primary N) is 1. The van der Waals surface area contributed by atoms with Crippen molar-refractivity contribution >= 4 is 32.0 Å². The molecule has 1 aliphatic rings. The van der Waals surface area contributed by atoms with E-state index >= 15 is 0 Å². The van der Waals surface area contributed by atoms with E-state index in [1.54, 1.807) is 0 Å². The van der Waals surface area contributed by atoms with E-state index in [9.17, 15) is 18.5 Å². The first-order valence-electron chi connectivity index (χ1n) is 6.01. The van der Waals surface area contributed by atoms with Crippen LogP contribution in [0.3, 0.4) is 0 Å². The Morgan fingerprint density at radius 1 is 1.60 bits per heavy atom. The van der Waals surface area contributed by atoms with E-state index in [1.807, 2.05) is 0 Å². The first-order chi connectivity index (χ1) is 9.36. The lowest BCUT2D eigenvalue weighted by Gasteiger charge is -2.30. The van der Waals surface area contributed by atoms with Crippen LogP contribution in [0.25, 0.3) is 0 Å². The molecule has 2 heterocycles. The van der Waals surface area contributed by atoms with Crippen LogP contribution < -0.4 is 5.73 Å². The van der Waals surface area contributed by atoms with Crippen molar-refractivity contribution in [2.24, 2.45) is 5.92 Å². The molecule has 1 aromatic rings. The third-order valence-electron chi connectivity index (χ3n) is 3.25. The molecule has 0 aliphatic carbocycles. The fourth-order valence-electron chi connectivity index (χ4n) is 2.16. The Labute approximate surface area is 120 Å². The van der Waals surface area contributed by atoms with Gasteiger partial charge in [-0.1, -0.05) is 11.3 Å². The molecule has 1 aliphatic heterocycles. The molecule has 0 bridgehead atoms. The summed E-state index contributed by atoms with van der Waals surface area (Å²) in [7, 11) is -3.78. The summed E-state index contributed by atoms with van der Waals surface area (Å²) in [5.74, 6) is -0.0918. The Kier molecular flexibility index (Phi) is 4.28. The van der Waals surface area contributed by atoms with Crippen molar-refractivity contribution in [3.8, 4) is 0 Å². The van der Waals surface area contributed by atoms with Gasteiger partial charge in [-0.2, -0.15) is 4.31 Å². The summed E-state index contributed by atoms with van der Waals surface area (Å²) in [5.41, 5.74) is 5.09. The third-order valence-corrected chi connectivity index (χ3v) is 6.52. The van der Waals surface area contributed by atoms with Crippen LogP contribution in [0.5, 0.6) is 0 Å². The molecule has 1 saturated heterocycles. The average molecular weight is 321 g/mol. The van der Waals surface area contributed by atoms with E-state index in [4.69, 9.17) is 10.8 Å². The summed E-state index contributed by atoms with van der Waals surface area (Å²) >= 11 is 0.696. The number of thiophene rings is 1. The highest BCUT2D eigenvalue weighted by Gasteiger charge is 2.33. The summed E-state index contributed by atoms with van der Waals surface area (Å²) < 4.78 is 26.0. The zero-order chi connectivity index (χ0) is 14.9. The number of sulfonamides is 1. The standard InChI is InChI=1S/C10H15N3O5S2/c11-10-8(13(15)16)4-9(19-10)20(17,18)12-3-1-2-7(5-12)6-14/h4,7,14H,1-3,5-6,11H2. The van der Waals surface area contributed by atoms with Crippen molar-refractivity contribution in [1.82, 2.24) is 4.31 Å². The Bertz CT molecular complexity index is 612. The molecule has 2 rings (SSSR count). The Morgan fingerprint density at radius 2 is 2.30 bits per heavy atom. The molecule has 0 aromatic carbocycles. The number of anilines is 1. The molecule has 0 saturated carbocycles. The van der Waals surface area contributed by atoms with Gasteiger partial charge in [0.15, 0.2) is 5.00 Å². The van der Waals surface area contributed by atoms with Gasteiger partial charge in [0.05, 0.1) is 4.92 Å². The topological polar surface area (TPSA) is 127 Å². The Morgan fingerprint density at radius 3 is 2.85 bits per heavy atom. The lowest BCUT2D eigenvalue weighted by atomic mass is 10.0. The highest BCUT2D eigenvalue weighted by molar-refractivity contribution is 7.91. The van der Waals surface area contributed by atoms with Gasteiger partial charge in [-0.25, -0.2) is 8.42 Å². The van der Waals surface area contributed by atoms with Crippen molar-refractivity contribution in [3.63, 3.8) is 0 Å². The number of aliphatic hydroxyl groups is 1. The molecule has 0 radical (unpaired) electrons. The molecule has 1 aromatic heterocycles. The summed E-state index contributed by atoms with van der Waals surface area (Å²) in [5, 5.41) is 19.7. The molecular weight excluding hydrogens is 306 g/mol.